The molecule has 2 atom stereocenters. The molecule has 2 bridgehead atoms. The summed E-state index contributed by atoms with van der Waals surface area (Å²) in [4.78, 5) is 43.8. The van der Waals surface area contributed by atoms with Crippen molar-refractivity contribution in [2.24, 2.45) is 0 Å². The number of benzene rings is 1. The van der Waals surface area contributed by atoms with E-state index in [1.165, 1.54) is 27.7 Å². The summed E-state index contributed by atoms with van der Waals surface area (Å²) in [5.41, 5.74) is 0.869. The molecule has 6 heterocycles. The van der Waals surface area contributed by atoms with Gasteiger partial charge in [0.15, 0.2) is 11.5 Å². The van der Waals surface area contributed by atoms with Crippen LogP contribution in [0.2, 0.25) is 0 Å². The van der Waals surface area contributed by atoms with E-state index >= 15 is 8.78 Å². The van der Waals surface area contributed by atoms with Gasteiger partial charge in [-0.1, -0.05) is 19.9 Å². The third-order valence-electron chi connectivity index (χ3n) is 8.90. The van der Waals surface area contributed by atoms with Crippen LogP contribution in [-0.4, -0.2) is 68.5 Å². The molecule has 3 aliphatic rings. The molecule has 0 N–H and O–H groups in total. The molecular formula is C33H30F4N6O3. The highest BCUT2D eigenvalue weighted by Gasteiger charge is 2.49. The highest BCUT2D eigenvalue weighted by molar-refractivity contribution is 5.92. The van der Waals surface area contributed by atoms with Crippen LogP contribution >= 0.6 is 0 Å². The van der Waals surface area contributed by atoms with Crippen LogP contribution in [-0.2, 0) is 11.2 Å². The van der Waals surface area contributed by atoms with Gasteiger partial charge in [-0.3, -0.25) is 9.78 Å². The standard InChI is InChI=1S/C33H30F4N6O3/c1-17(2)28-30-18(10-12-38-28)5-4-14-46-24-7-3-6-20(34)27(24)29-21(35)15-19-31(40-33(45)43(30)32(19)39-29)42-16-23-22(42)11-13-41(23)26(44)9-8-25(36)37/h3,6-10,12,15,17,22-23,25H,4-5,11,13-14,16H2,1-2H3/b9-8+. The molecule has 0 radical (unpaired) electrons. The van der Waals surface area contributed by atoms with Crippen LogP contribution in [0, 0.1) is 11.6 Å². The summed E-state index contributed by atoms with van der Waals surface area (Å²) in [6, 6.07) is 6.70. The quantitative estimate of drug-likeness (QED) is 0.226. The lowest BCUT2D eigenvalue weighted by Crippen LogP contribution is -2.63. The van der Waals surface area contributed by atoms with E-state index in [1.54, 1.807) is 12.3 Å². The van der Waals surface area contributed by atoms with E-state index in [2.05, 4.69) is 15.0 Å². The van der Waals surface area contributed by atoms with Crippen molar-refractivity contribution in [2.45, 2.75) is 57.5 Å². The minimum Gasteiger partial charge on any atom is -0.493 e. The van der Waals surface area contributed by atoms with Crippen LogP contribution in [0.4, 0.5) is 23.4 Å². The average molecular weight is 635 g/mol. The third-order valence-corrected chi connectivity index (χ3v) is 8.90. The van der Waals surface area contributed by atoms with Crippen molar-refractivity contribution in [1.82, 2.24) is 24.4 Å². The van der Waals surface area contributed by atoms with Gasteiger partial charge in [0, 0.05) is 25.4 Å². The molecule has 13 heteroatoms. The van der Waals surface area contributed by atoms with Crippen molar-refractivity contribution in [3.05, 3.63) is 82.1 Å². The lowest BCUT2D eigenvalue weighted by molar-refractivity contribution is -0.127. The van der Waals surface area contributed by atoms with E-state index in [4.69, 9.17) is 4.74 Å². The van der Waals surface area contributed by atoms with Crippen LogP contribution in [0.3, 0.4) is 0 Å². The number of likely N-dealkylation sites (tertiary alicyclic amines) is 1. The van der Waals surface area contributed by atoms with Crippen molar-refractivity contribution < 1.29 is 27.1 Å². The van der Waals surface area contributed by atoms with Crippen molar-refractivity contribution in [3.63, 3.8) is 0 Å². The Balaban J connectivity index is 1.44. The fourth-order valence-corrected chi connectivity index (χ4v) is 6.78. The molecule has 4 aromatic rings. The monoisotopic (exact) mass is 634 g/mol. The minimum atomic E-state index is -2.74. The molecular weight excluding hydrogens is 604 g/mol. The number of amides is 1. The average Bonchev–Trinajstić information content (AvgIpc) is 3.33. The number of nitrogens with zero attached hydrogens (tertiary/aromatic N) is 6. The Bertz CT molecular complexity index is 1960. The van der Waals surface area contributed by atoms with Crippen LogP contribution in [0.5, 0.6) is 5.75 Å². The first-order chi connectivity index (χ1) is 22.1. The van der Waals surface area contributed by atoms with Crippen molar-refractivity contribution in [3.8, 4) is 22.7 Å². The van der Waals surface area contributed by atoms with Crippen molar-refractivity contribution in [2.75, 3.05) is 24.6 Å². The second kappa shape index (κ2) is 11.5. The van der Waals surface area contributed by atoms with E-state index < -0.39 is 29.7 Å². The predicted molar refractivity (Wildman–Crippen MR) is 163 cm³/mol. The third kappa shape index (κ3) is 4.88. The molecule has 2 unspecified atom stereocenters. The number of carbonyl (C=O) groups is 1. The highest BCUT2D eigenvalue weighted by atomic mass is 19.3. The van der Waals surface area contributed by atoms with Gasteiger partial charge in [-0.15, -0.1) is 0 Å². The zero-order chi connectivity index (χ0) is 32.3. The van der Waals surface area contributed by atoms with Gasteiger partial charge in [0.2, 0.25) is 5.91 Å². The molecule has 3 aliphatic heterocycles. The number of carbonyl (C=O) groups excluding carboxylic acids is 1. The molecule has 46 heavy (non-hydrogen) atoms. The minimum absolute atomic E-state index is 0.0755. The molecule has 0 spiro atoms. The predicted octanol–water partition coefficient (Wildman–Crippen LogP) is 5.18. The normalized spacial score (nSPS) is 19.1. The SMILES string of the molecule is CC(C)c1nccc2c1-n1c(=O)nc(N3CC4C3CCN4C(=O)/C=C/C(F)F)c3cc(F)c(nc31)-c1c(F)cccc1OCCC2. The Labute approximate surface area is 261 Å². The summed E-state index contributed by atoms with van der Waals surface area (Å²) >= 11 is 0. The molecule has 1 aromatic carbocycles. The largest absolute Gasteiger partial charge is 0.493 e. The number of aromatic nitrogens is 4. The van der Waals surface area contributed by atoms with Gasteiger partial charge in [0.25, 0.3) is 6.43 Å². The number of hydrogen-bond donors (Lipinski definition) is 0. The van der Waals surface area contributed by atoms with E-state index in [0.717, 1.165) is 11.6 Å². The number of aryl methyl sites for hydroxylation is 1. The molecule has 0 aliphatic carbocycles. The van der Waals surface area contributed by atoms with Gasteiger partial charge in [0.05, 0.1) is 41.0 Å². The van der Waals surface area contributed by atoms with Gasteiger partial charge in [-0.2, -0.15) is 4.98 Å². The number of pyridine rings is 2. The van der Waals surface area contributed by atoms with E-state index in [-0.39, 0.29) is 65.0 Å². The maximum atomic E-state index is 16.1. The lowest BCUT2D eigenvalue weighted by atomic mass is 9.96. The van der Waals surface area contributed by atoms with E-state index in [9.17, 15) is 18.4 Å². The lowest BCUT2D eigenvalue weighted by Gasteiger charge is -2.47. The van der Waals surface area contributed by atoms with Gasteiger partial charge in [-0.25, -0.2) is 31.9 Å². The first-order valence-corrected chi connectivity index (χ1v) is 15.2. The summed E-state index contributed by atoms with van der Waals surface area (Å²) in [5.74, 6) is -1.86. The Kier molecular flexibility index (Phi) is 7.48. The second-order valence-corrected chi connectivity index (χ2v) is 12.0. The topological polar surface area (TPSA) is 93.5 Å². The van der Waals surface area contributed by atoms with Gasteiger partial charge in [-0.05, 0) is 61.1 Å². The molecule has 238 valence electrons. The first kappa shape index (κ1) is 29.9. The maximum Gasteiger partial charge on any atom is 0.355 e. The fraction of sp³-hybridized carbons (Fsp3) is 0.364. The Morgan fingerprint density at radius 1 is 1.11 bits per heavy atom. The number of halogens is 4. The fourth-order valence-electron chi connectivity index (χ4n) is 6.78. The van der Waals surface area contributed by atoms with Crippen LogP contribution in [0.15, 0.2) is 53.5 Å². The summed E-state index contributed by atoms with van der Waals surface area (Å²) in [6.45, 7) is 4.70. The number of hydrogen-bond acceptors (Lipinski definition) is 7. The highest BCUT2D eigenvalue weighted by Crippen LogP contribution is 2.41. The first-order valence-electron chi connectivity index (χ1n) is 15.2. The Morgan fingerprint density at radius 2 is 1.93 bits per heavy atom. The zero-order valence-corrected chi connectivity index (χ0v) is 25.1. The number of rotatable bonds is 4. The van der Waals surface area contributed by atoms with E-state index in [0.29, 0.717) is 43.3 Å². The summed E-state index contributed by atoms with van der Waals surface area (Å²) in [5, 5.41) is 0.224. The second-order valence-electron chi connectivity index (χ2n) is 12.0. The van der Waals surface area contributed by atoms with Crippen molar-refractivity contribution >= 4 is 22.8 Å². The molecule has 1 amide bonds. The summed E-state index contributed by atoms with van der Waals surface area (Å²) in [6.07, 6.45) is 1.89. The number of alkyl halides is 2. The molecule has 2 fully saturated rings. The molecule has 9 nitrogen and oxygen atoms in total. The molecule has 7 rings (SSSR count). The summed E-state index contributed by atoms with van der Waals surface area (Å²) in [7, 11) is 0. The smallest absolute Gasteiger partial charge is 0.355 e. The van der Waals surface area contributed by atoms with E-state index in [1.807, 2.05) is 24.8 Å². The molecule has 3 aromatic heterocycles. The number of fused-ring (bicyclic) bond motifs is 6. The molecule has 2 saturated heterocycles. The van der Waals surface area contributed by atoms with Crippen molar-refractivity contribution in [1.29, 1.82) is 0 Å². The number of ether oxygens (including phenoxy) is 1. The summed E-state index contributed by atoms with van der Waals surface area (Å²) < 4.78 is 64.2. The Hall–Kier alpha value is -4.81. The van der Waals surface area contributed by atoms with Gasteiger partial charge < -0.3 is 14.5 Å². The Morgan fingerprint density at radius 3 is 2.72 bits per heavy atom. The van der Waals surface area contributed by atoms with Crippen LogP contribution in [0.25, 0.3) is 28.0 Å². The number of anilines is 1. The molecule has 0 saturated carbocycles. The maximum absolute atomic E-state index is 16.1. The van der Waals surface area contributed by atoms with Crippen LogP contribution < -0.4 is 15.3 Å². The van der Waals surface area contributed by atoms with Crippen LogP contribution in [0.1, 0.15) is 43.9 Å². The van der Waals surface area contributed by atoms with Gasteiger partial charge >= 0.3 is 5.69 Å². The number of allylic oxidation sites excluding steroid dienone is 1. The van der Waals surface area contributed by atoms with Gasteiger partial charge in [0.1, 0.15) is 23.1 Å². The zero-order valence-electron chi connectivity index (χ0n) is 25.1.